The van der Waals surface area contributed by atoms with Gasteiger partial charge in [0.05, 0.1) is 16.5 Å². The summed E-state index contributed by atoms with van der Waals surface area (Å²) in [6.45, 7) is 1.49. The van der Waals surface area contributed by atoms with Crippen molar-refractivity contribution in [2.45, 2.75) is 31.8 Å². The van der Waals surface area contributed by atoms with Gasteiger partial charge in [0.2, 0.25) is 0 Å². The number of methoxy groups -OCH3 is 1. The predicted molar refractivity (Wildman–Crippen MR) is 119 cm³/mol. The average Bonchev–Trinajstić information content (AvgIpc) is 2.79. The Balaban J connectivity index is 1.55. The number of rotatable bonds is 5. The molecule has 0 aromatic heterocycles. The van der Waals surface area contributed by atoms with Crippen molar-refractivity contribution >= 4 is 17.6 Å². The minimum absolute atomic E-state index is 0.129. The molecule has 0 amide bonds. The van der Waals surface area contributed by atoms with Crippen LogP contribution in [0.4, 0.5) is 13.2 Å². The number of halogens is 4. The molecule has 33 heavy (non-hydrogen) atoms. The molecule has 4 unspecified atom stereocenters. The van der Waals surface area contributed by atoms with Gasteiger partial charge >= 0.3 is 12.1 Å². The minimum Gasteiger partial charge on any atom is -0.426 e. The van der Waals surface area contributed by atoms with Gasteiger partial charge in [0, 0.05) is 26.1 Å². The van der Waals surface area contributed by atoms with Crippen molar-refractivity contribution in [1.82, 2.24) is 4.90 Å². The lowest BCUT2D eigenvalue weighted by atomic mass is 9.71. The van der Waals surface area contributed by atoms with Gasteiger partial charge in [0.25, 0.3) is 0 Å². The van der Waals surface area contributed by atoms with Gasteiger partial charge in [-0.15, -0.1) is 0 Å². The lowest BCUT2D eigenvalue weighted by Crippen LogP contribution is -2.54. The van der Waals surface area contributed by atoms with Crippen molar-refractivity contribution in [2.24, 2.45) is 17.8 Å². The summed E-state index contributed by atoms with van der Waals surface area (Å²) in [5.74, 6) is -1.31. The maximum atomic E-state index is 13.2. The highest BCUT2D eigenvalue weighted by Crippen LogP contribution is 2.42. The van der Waals surface area contributed by atoms with Crippen LogP contribution < -0.4 is 4.74 Å². The van der Waals surface area contributed by atoms with E-state index in [1.54, 1.807) is 7.11 Å². The lowest BCUT2D eigenvalue weighted by Gasteiger charge is -2.47. The first-order chi connectivity index (χ1) is 15.8. The SMILES string of the molecule is COC1C2C(C=CCC2C(=O)Oc2ccc(Cl)c(C(F)(F)F)c2)CCN1Cc1ccccc1. The van der Waals surface area contributed by atoms with Gasteiger partial charge in [-0.25, -0.2) is 0 Å². The molecule has 2 aromatic rings. The summed E-state index contributed by atoms with van der Waals surface area (Å²) < 4.78 is 50.9. The number of likely N-dealkylation sites (tertiary alicyclic amines) is 1. The summed E-state index contributed by atoms with van der Waals surface area (Å²) in [6.07, 6.45) is 0.415. The highest BCUT2D eigenvalue weighted by Gasteiger charge is 2.46. The summed E-state index contributed by atoms with van der Waals surface area (Å²) in [5, 5.41) is -0.439. The van der Waals surface area contributed by atoms with Crippen molar-refractivity contribution in [3.8, 4) is 5.75 Å². The van der Waals surface area contributed by atoms with E-state index < -0.39 is 28.6 Å². The van der Waals surface area contributed by atoms with Gasteiger partial charge in [-0.05, 0) is 42.5 Å². The Hall–Kier alpha value is -2.35. The Morgan fingerprint density at radius 2 is 1.94 bits per heavy atom. The van der Waals surface area contributed by atoms with Gasteiger partial charge in [-0.2, -0.15) is 13.2 Å². The van der Waals surface area contributed by atoms with Crippen molar-refractivity contribution in [3.63, 3.8) is 0 Å². The smallest absolute Gasteiger partial charge is 0.417 e. The van der Waals surface area contributed by atoms with Crippen LogP contribution in [-0.4, -0.2) is 30.8 Å². The number of benzene rings is 2. The second-order valence-electron chi connectivity index (χ2n) is 8.44. The minimum atomic E-state index is -4.64. The number of ether oxygens (including phenoxy) is 2. The van der Waals surface area contributed by atoms with Crippen LogP contribution in [0.25, 0.3) is 0 Å². The maximum Gasteiger partial charge on any atom is 0.417 e. The van der Waals surface area contributed by atoms with Crippen molar-refractivity contribution in [2.75, 3.05) is 13.7 Å². The van der Waals surface area contributed by atoms with E-state index in [0.29, 0.717) is 13.0 Å². The molecule has 0 saturated carbocycles. The molecule has 0 radical (unpaired) electrons. The molecule has 1 fully saturated rings. The third-order valence-corrected chi connectivity index (χ3v) is 6.74. The molecule has 176 valence electrons. The normalized spacial score (nSPS) is 25.5. The maximum absolute atomic E-state index is 13.2. The molecule has 2 aliphatic rings. The van der Waals surface area contributed by atoms with E-state index in [-0.39, 0.29) is 23.8 Å². The Bertz CT molecular complexity index is 1010. The van der Waals surface area contributed by atoms with Crippen molar-refractivity contribution in [1.29, 1.82) is 0 Å². The van der Waals surface area contributed by atoms with E-state index in [4.69, 9.17) is 21.1 Å². The highest BCUT2D eigenvalue weighted by atomic mass is 35.5. The Morgan fingerprint density at radius 3 is 2.64 bits per heavy atom. The molecule has 0 bridgehead atoms. The molecule has 4 rings (SSSR count). The standard InChI is InChI=1S/C25H25ClF3NO3/c1-32-23-22-17(12-13-30(23)15-16-6-3-2-4-7-16)8-5-9-19(22)24(31)33-18-10-11-21(26)20(14-18)25(27,28)29/h2-8,10-11,14,17,19,22-23H,9,12-13,15H2,1H3. The fourth-order valence-electron chi connectivity index (χ4n) is 4.89. The number of alkyl halides is 3. The third kappa shape index (κ3) is 5.26. The highest BCUT2D eigenvalue weighted by molar-refractivity contribution is 6.31. The number of carbonyl (C=O) groups excluding carboxylic acids is 1. The Labute approximate surface area is 195 Å². The number of hydrogen-bond acceptors (Lipinski definition) is 4. The summed E-state index contributed by atoms with van der Waals surface area (Å²) in [5.41, 5.74) is 0.113. The van der Waals surface area contributed by atoms with E-state index >= 15 is 0 Å². The van der Waals surface area contributed by atoms with Crippen LogP contribution in [-0.2, 0) is 22.3 Å². The third-order valence-electron chi connectivity index (χ3n) is 6.41. The molecular formula is C25H25ClF3NO3. The molecule has 4 atom stereocenters. The molecule has 0 N–H and O–H groups in total. The predicted octanol–water partition coefficient (Wildman–Crippen LogP) is 5.95. The van der Waals surface area contributed by atoms with Crippen LogP contribution in [0.2, 0.25) is 5.02 Å². The fraction of sp³-hybridized carbons (Fsp3) is 0.400. The molecule has 4 nitrogen and oxygen atoms in total. The van der Waals surface area contributed by atoms with Gasteiger partial charge in [-0.3, -0.25) is 9.69 Å². The molecular weight excluding hydrogens is 455 g/mol. The van der Waals surface area contributed by atoms with E-state index in [9.17, 15) is 18.0 Å². The number of fused-ring (bicyclic) bond motifs is 1. The first-order valence-electron chi connectivity index (χ1n) is 10.8. The summed E-state index contributed by atoms with van der Waals surface area (Å²) in [4.78, 5) is 15.4. The number of piperidine rings is 1. The van der Waals surface area contributed by atoms with Crippen LogP contribution in [0.15, 0.2) is 60.7 Å². The second kappa shape index (κ2) is 9.87. The average molecular weight is 480 g/mol. The molecule has 1 saturated heterocycles. The van der Waals surface area contributed by atoms with Crippen LogP contribution in [0.3, 0.4) is 0 Å². The molecule has 0 spiro atoms. The van der Waals surface area contributed by atoms with E-state index in [1.807, 2.05) is 36.4 Å². The number of esters is 1. The Kier molecular flexibility index (Phi) is 7.12. The zero-order valence-electron chi connectivity index (χ0n) is 18.1. The molecule has 1 heterocycles. The fourth-order valence-corrected chi connectivity index (χ4v) is 5.12. The van der Waals surface area contributed by atoms with Crippen molar-refractivity contribution < 1.29 is 27.4 Å². The van der Waals surface area contributed by atoms with Gasteiger partial charge in [-0.1, -0.05) is 54.1 Å². The van der Waals surface area contributed by atoms with Crippen LogP contribution in [0, 0.1) is 17.8 Å². The molecule has 1 aliphatic heterocycles. The summed E-state index contributed by atoms with van der Waals surface area (Å²) >= 11 is 5.69. The zero-order chi connectivity index (χ0) is 23.6. The van der Waals surface area contributed by atoms with Crippen molar-refractivity contribution in [3.05, 3.63) is 76.8 Å². The van der Waals surface area contributed by atoms with Crippen LogP contribution in [0.1, 0.15) is 24.0 Å². The zero-order valence-corrected chi connectivity index (χ0v) is 18.9. The van der Waals surface area contributed by atoms with Gasteiger partial charge in [0.15, 0.2) is 0 Å². The topological polar surface area (TPSA) is 38.8 Å². The quantitative estimate of drug-likeness (QED) is 0.302. The first-order valence-corrected chi connectivity index (χ1v) is 11.2. The number of nitrogens with zero attached hydrogens (tertiary/aromatic N) is 1. The first kappa shape index (κ1) is 23.8. The van der Waals surface area contributed by atoms with Gasteiger partial charge in [0.1, 0.15) is 12.0 Å². The van der Waals surface area contributed by atoms with E-state index in [1.165, 1.54) is 6.07 Å². The lowest BCUT2D eigenvalue weighted by molar-refractivity contribution is -0.159. The summed E-state index contributed by atoms with van der Waals surface area (Å²) in [6, 6.07) is 13.2. The van der Waals surface area contributed by atoms with Gasteiger partial charge < -0.3 is 9.47 Å². The largest absolute Gasteiger partial charge is 0.426 e. The molecule has 2 aromatic carbocycles. The van der Waals surface area contributed by atoms with E-state index in [2.05, 4.69) is 11.0 Å². The number of allylic oxidation sites excluding steroid dienone is 2. The second-order valence-corrected chi connectivity index (χ2v) is 8.85. The molecule has 8 heteroatoms. The van der Waals surface area contributed by atoms with Crippen LogP contribution in [0.5, 0.6) is 5.75 Å². The van der Waals surface area contributed by atoms with Crippen LogP contribution >= 0.6 is 11.6 Å². The summed E-state index contributed by atoms with van der Waals surface area (Å²) in [7, 11) is 1.63. The monoisotopic (exact) mass is 479 g/mol. The number of carbonyl (C=O) groups is 1. The van der Waals surface area contributed by atoms with E-state index in [0.717, 1.165) is 30.7 Å². The number of hydrogen-bond donors (Lipinski definition) is 0. The molecule has 1 aliphatic carbocycles. The Morgan fingerprint density at radius 1 is 1.18 bits per heavy atom.